The van der Waals surface area contributed by atoms with E-state index in [0.717, 1.165) is 17.7 Å². The summed E-state index contributed by atoms with van der Waals surface area (Å²) in [6, 6.07) is 0. The summed E-state index contributed by atoms with van der Waals surface area (Å²) in [5.41, 5.74) is 1.63. The maximum absolute atomic E-state index is 11.4. The molecular weight excluding hydrogens is 240 g/mol. The fourth-order valence-electron chi connectivity index (χ4n) is 2.40. The molecule has 0 saturated carbocycles. The molecule has 1 aromatic heterocycles. The van der Waals surface area contributed by atoms with E-state index in [1.165, 1.54) is 0 Å². The minimum Gasteiger partial charge on any atom is -0.388 e. The van der Waals surface area contributed by atoms with Crippen LogP contribution >= 0.6 is 0 Å². The number of sulfone groups is 1. The minimum absolute atomic E-state index is 0.0895. The maximum atomic E-state index is 11.4. The second-order valence-electron chi connectivity index (χ2n) is 4.67. The summed E-state index contributed by atoms with van der Waals surface area (Å²) in [6.07, 6.45) is 2.36. The summed E-state index contributed by atoms with van der Waals surface area (Å²) < 4.78 is 24.5. The van der Waals surface area contributed by atoms with Crippen LogP contribution in [0.1, 0.15) is 30.7 Å². The van der Waals surface area contributed by atoms with Crippen LogP contribution in [0.5, 0.6) is 0 Å². The van der Waals surface area contributed by atoms with Crippen LogP contribution in [0.4, 0.5) is 0 Å². The lowest BCUT2D eigenvalue weighted by molar-refractivity contribution is 0.120. The molecule has 0 aromatic carbocycles. The average molecular weight is 258 g/mol. The molecule has 0 bridgehead atoms. The van der Waals surface area contributed by atoms with Crippen molar-refractivity contribution in [2.45, 2.75) is 25.9 Å². The summed E-state index contributed by atoms with van der Waals surface area (Å²) in [7, 11) is -1.14. The van der Waals surface area contributed by atoms with E-state index in [4.69, 9.17) is 0 Å². The highest BCUT2D eigenvalue weighted by atomic mass is 32.2. The fraction of sp³-hybridized carbons (Fsp3) is 0.727. The Morgan fingerprint density at radius 2 is 2.35 bits per heavy atom. The number of aliphatic hydroxyl groups excluding tert-OH is 1. The number of hydrogen-bond donors (Lipinski definition) is 1. The van der Waals surface area contributed by atoms with E-state index in [0.29, 0.717) is 6.42 Å². The number of aryl methyl sites for hydroxylation is 2. The first-order valence-corrected chi connectivity index (χ1v) is 7.66. The highest BCUT2D eigenvalue weighted by Gasteiger charge is 2.34. The topological polar surface area (TPSA) is 72.2 Å². The standard InChI is InChI=1S/C11H18N2O3S/c1-3-10-9(6-13(2)12-10)11(14)8-4-5-17(15,16)7-8/h6,8,11,14H,3-5,7H2,1-2H3. The van der Waals surface area contributed by atoms with E-state index in [1.807, 2.05) is 6.92 Å². The SMILES string of the molecule is CCc1nn(C)cc1C(O)C1CCS(=O)(=O)C1. The van der Waals surface area contributed by atoms with Gasteiger partial charge in [-0.05, 0) is 12.8 Å². The van der Waals surface area contributed by atoms with Crippen LogP contribution in [0.2, 0.25) is 0 Å². The first-order chi connectivity index (χ1) is 7.93. The summed E-state index contributed by atoms with van der Waals surface area (Å²) >= 11 is 0. The normalized spacial score (nSPS) is 25.0. The average Bonchev–Trinajstić information content (AvgIpc) is 2.80. The Balaban J connectivity index is 2.22. The Labute approximate surface area is 101 Å². The monoisotopic (exact) mass is 258 g/mol. The third kappa shape index (κ3) is 2.52. The molecule has 2 atom stereocenters. The minimum atomic E-state index is -2.95. The van der Waals surface area contributed by atoms with Gasteiger partial charge in [0.05, 0.1) is 23.3 Å². The molecule has 5 nitrogen and oxygen atoms in total. The van der Waals surface area contributed by atoms with Crippen LogP contribution in [0.25, 0.3) is 0 Å². The van der Waals surface area contributed by atoms with Gasteiger partial charge in [0.25, 0.3) is 0 Å². The Hall–Kier alpha value is -0.880. The molecule has 6 heteroatoms. The van der Waals surface area contributed by atoms with E-state index in [2.05, 4.69) is 5.10 Å². The molecule has 1 aliphatic heterocycles. The van der Waals surface area contributed by atoms with Gasteiger partial charge in [0.2, 0.25) is 0 Å². The van der Waals surface area contributed by atoms with Gasteiger partial charge >= 0.3 is 0 Å². The molecule has 2 unspecified atom stereocenters. The van der Waals surface area contributed by atoms with Crippen molar-refractivity contribution in [3.8, 4) is 0 Å². The molecule has 17 heavy (non-hydrogen) atoms. The van der Waals surface area contributed by atoms with Crippen molar-refractivity contribution >= 4 is 9.84 Å². The van der Waals surface area contributed by atoms with E-state index in [-0.39, 0.29) is 17.4 Å². The lowest BCUT2D eigenvalue weighted by Gasteiger charge is -2.16. The van der Waals surface area contributed by atoms with Crippen molar-refractivity contribution in [1.82, 2.24) is 9.78 Å². The van der Waals surface area contributed by atoms with Gasteiger partial charge in [0.15, 0.2) is 9.84 Å². The molecule has 1 aliphatic rings. The van der Waals surface area contributed by atoms with Crippen LogP contribution in [-0.2, 0) is 23.3 Å². The summed E-state index contributed by atoms with van der Waals surface area (Å²) in [5.74, 6) is 0.0948. The smallest absolute Gasteiger partial charge is 0.150 e. The molecule has 0 radical (unpaired) electrons. The van der Waals surface area contributed by atoms with Crippen molar-refractivity contribution in [2.24, 2.45) is 13.0 Å². The summed E-state index contributed by atoms with van der Waals surface area (Å²) in [6.45, 7) is 1.98. The molecule has 1 fully saturated rings. The second-order valence-corrected chi connectivity index (χ2v) is 6.90. The molecule has 2 rings (SSSR count). The lowest BCUT2D eigenvalue weighted by Crippen LogP contribution is -2.15. The van der Waals surface area contributed by atoms with Gasteiger partial charge in [-0.3, -0.25) is 4.68 Å². The van der Waals surface area contributed by atoms with Crippen molar-refractivity contribution in [3.63, 3.8) is 0 Å². The zero-order valence-electron chi connectivity index (χ0n) is 10.1. The highest BCUT2D eigenvalue weighted by Crippen LogP contribution is 2.32. The van der Waals surface area contributed by atoms with Crippen LogP contribution in [0.3, 0.4) is 0 Å². The maximum Gasteiger partial charge on any atom is 0.150 e. The van der Waals surface area contributed by atoms with Gasteiger partial charge in [-0.25, -0.2) is 8.42 Å². The van der Waals surface area contributed by atoms with Crippen molar-refractivity contribution in [2.75, 3.05) is 11.5 Å². The molecule has 0 aliphatic carbocycles. The van der Waals surface area contributed by atoms with Gasteiger partial charge in [-0.2, -0.15) is 5.10 Å². The molecule has 1 N–H and O–H groups in total. The Kier molecular flexibility index (Phi) is 3.27. The van der Waals surface area contributed by atoms with Gasteiger partial charge in [0.1, 0.15) is 0 Å². The zero-order chi connectivity index (χ0) is 12.6. The van der Waals surface area contributed by atoms with Crippen LogP contribution < -0.4 is 0 Å². The molecule has 1 aromatic rings. The van der Waals surface area contributed by atoms with Crippen molar-refractivity contribution < 1.29 is 13.5 Å². The van der Waals surface area contributed by atoms with Crippen molar-refractivity contribution in [1.29, 1.82) is 0 Å². The molecule has 0 spiro atoms. The van der Waals surface area contributed by atoms with Gasteiger partial charge in [0, 0.05) is 24.7 Å². The largest absolute Gasteiger partial charge is 0.388 e. The van der Waals surface area contributed by atoms with E-state index in [9.17, 15) is 13.5 Å². The predicted octanol–water partition coefficient (Wildman–Crippen LogP) is 0.451. The Morgan fingerprint density at radius 1 is 1.65 bits per heavy atom. The number of nitrogens with zero attached hydrogens (tertiary/aromatic N) is 2. The van der Waals surface area contributed by atoms with Gasteiger partial charge in [-0.1, -0.05) is 6.92 Å². The predicted molar refractivity (Wildman–Crippen MR) is 64.3 cm³/mol. The zero-order valence-corrected chi connectivity index (χ0v) is 10.9. The van der Waals surface area contributed by atoms with Crippen molar-refractivity contribution in [3.05, 3.63) is 17.5 Å². The summed E-state index contributed by atoms with van der Waals surface area (Å²) in [5, 5.41) is 14.5. The van der Waals surface area contributed by atoms with Gasteiger partial charge in [-0.15, -0.1) is 0 Å². The molecule has 1 saturated heterocycles. The van der Waals surface area contributed by atoms with E-state index in [1.54, 1.807) is 17.9 Å². The van der Waals surface area contributed by atoms with Crippen LogP contribution in [0.15, 0.2) is 6.20 Å². The number of rotatable bonds is 3. The van der Waals surface area contributed by atoms with Crippen LogP contribution in [0, 0.1) is 5.92 Å². The number of aliphatic hydroxyl groups is 1. The van der Waals surface area contributed by atoms with E-state index >= 15 is 0 Å². The first kappa shape index (κ1) is 12.6. The third-order valence-corrected chi connectivity index (χ3v) is 5.10. The molecular formula is C11H18N2O3S. The number of aromatic nitrogens is 2. The Morgan fingerprint density at radius 3 is 2.88 bits per heavy atom. The first-order valence-electron chi connectivity index (χ1n) is 5.84. The number of hydrogen-bond acceptors (Lipinski definition) is 4. The quantitative estimate of drug-likeness (QED) is 0.854. The molecule has 0 amide bonds. The molecule has 2 heterocycles. The second kappa shape index (κ2) is 4.42. The van der Waals surface area contributed by atoms with E-state index < -0.39 is 15.9 Å². The fourth-order valence-corrected chi connectivity index (χ4v) is 4.23. The third-order valence-electron chi connectivity index (χ3n) is 3.31. The Bertz CT molecular complexity index is 507. The van der Waals surface area contributed by atoms with Crippen LogP contribution in [-0.4, -0.2) is 34.8 Å². The van der Waals surface area contributed by atoms with Gasteiger partial charge < -0.3 is 5.11 Å². The lowest BCUT2D eigenvalue weighted by atomic mass is 9.95. The highest BCUT2D eigenvalue weighted by molar-refractivity contribution is 7.91. The summed E-state index contributed by atoms with van der Waals surface area (Å²) in [4.78, 5) is 0. The molecule has 96 valence electrons.